The summed E-state index contributed by atoms with van der Waals surface area (Å²) in [4.78, 5) is 0. The van der Waals surface area contributed by atoms with Crippen molar-refractivity contribution in [3.63, 3.8) is 0 Å². The summed E-state index contributed by atoms with van der Waals surface area (Å²) >= 11 is 0. The summed E-state index contributed by atoms with van der Waals surface area (Å²) in [6.07, 6.45) is 3.71. The van der Waals surface area contributed by atoms with Crippen molar-refractivity contribution >= 4 is 0 Å². The van der Waals surface area contributed by atoms with Gasteiger partial charge in [0.05, 0.1) is 0 Å². The van der Waals surface area contributed by atoms with Crippen LogP contribution in [0.5, 0.6) is 0 Å². The average molecular weight is 240 g/mol. The van der Waals surface area contributed by atoms with E-state index in [4.69, 9.17) is 0 Å². The van der Waals surface area contributed by atoms with Gasteiger partial charge >= 0.3 is 0 Å². The van der Waals surface area contributed by atoms with Crippen LogP contribution in [0.2, 0.25) is 0 Å². The molecule has 0 aromatic carbocycles. The summed E-state index contributed by atoms with van der Waals surface area (Å²) in [5.41, 5.74) is 3.49. The van der Waals surface area contributed by atoms with Crippen LogP contribution in [0.4, 0.5) is 0 Å². The Morgan fingerprint density at radius 3 is 2.25 bits per heavy atom. The van der Waals surface area contributed by atoms with Gasteiger partial charge in [0, 0.05) is 32.7 Å². The Bertz CT molecular complexity index is 189. The SMILES string of the molecule is CC1=C(C)C(C)CC(C)(C)[CH-]1.[Y]. The third-order valence-corrected chi connectivity index (χ3v) is 2.80. The van der Waals surface area contributed by atoms with Gasteiger partial charge in [0.1, 0.15) is 0 Å². The molecule has 1 aliphatic rings. The molecule has 0 aliphatic heterocycles. The molecule has 0 spiro atoms. The smallest absolute Gasteiger partial charge is 0 e. The van der Waals surface area contributed by atoms with Crippen molar-refractivity contribution in [1.29, 1.82) is 0 Å². The topological polar surface area (TPSA) is 0 Å². The molecule has 1 rings (SSSR count). The van der Waals surface area contributed by atoms with Crippen molar-refractivity contribution in [1.82, 2.24) is 0 Å². The fourth-order valence-electron chi connectivity index (χ4n) is 2.09. The molecule has 0 N–H and O–H groups in total. The molecule has 0 saturated carbocycles. The second-order valence-corrected chi connectivity index (χ2v) is 4.60. The first-order valence-corrected chi connectivity index (χ1v) is 4.46. The Balaban J connectivity index is 0.00000121. The Morgan fingerprint density at radius 1 is 1.33 bits per heavy atom. The van der Waals surface area contributed by atoms with E-state index in [1.54, 1.807) is 5.57 Å². The largest absolute Gasteiger partial charge is 0.222 e. The molecule has 1 atom stereocenters. The molecule has 1 unspecified atom stereocenters. The monoisotopic (exact) mass is 240 g/mol. The van der Waals surface area contributed by atoms with Crippen molar-refractivity contribution in [2.45, 2.75) is 41.0 Å². The van der Waals surface area contributed by atoms with Crippen LogP contribution in [0, 0.1) is 17.8 Å². The summed E-state index contributed by atoms with van der Waals surface area (Å²) in [6.45, 7) is 11.4. The molecular formula is C11H19Y-. The van der Waals surface area contributed by atoms with Crippen molar-refractivity contribution in [3.8, 4) is 0 Å². The third kappa shape index (κ3) is 2.89. The Labute approximate surface area is 102 Å². The van der Waals surface area contributed by atoms with Gasteiger partial charge in [0.25, 0.3) is 0 Å². The van der Waals surface area contributed by atoms with E-state index in [9.17, 15) is 0 Å². The Hall–Kier alpha value is 0.714. The molecule has 12 heavy (non-hydrogen) atoms. The van der Waals surface area contributed by atoms with Crippen LogP contribution in [-0.2, 0) is 32.7 Å². The third-order valence-electron chi connectivity index (χ3n) is 2.80. The maximum Gasteiger partial charge on any atom is 0 e. The minimum absolute atomic E-state index is 0. The summed E-state index contributed by atoms with van der Waals surface area (Å²) in [5, 5.41) is 0. The van der Waals surface area contributed by atoms with Gasteiger partial charge in [-0.1, -0.05) is 45.4 Å². The number of allylic oxidation sites excluding steroid dienone is 2. The van der Waals surface area contributed by atoms with E-state index in [-0.39, 0.29) is 32.7 Å². The van der Waals surface area contributed by atoms with Crippen molar-refractivity contribution in [3.05, 3.63) is 17.6 Å². The van der Waals surface area contributed by atoms with E-state index in [0.717, 1.165) is 5.92 Å². The first-order valence-electron chi connectivity index (χ1n) is 4.46. The second kappa shape index (κ2) is 4.29. The van der Waals surface area contributed by atoms with E-state index in [2.05, 4.69) is 41.0 Å². The number of rotatable bonds is 0. The molecule has 67 valence electrons. The second-order valence-electron chi connectivity index (χ2n) is 4.60. The molecule has 0 saturated heterocycles. The van der Waals surface area contributed by atoms with Crippen LogP contribution in [0.1, 0.15) is 41.0 Å². The van der Waals surface area contributed by atoms with Gasteiger partial charge < -0.3 is 0 Å². The van der Waals surface area contributed by atoms with Crippen molar-refractivity contribution in [2.75, 3.05) is 0 Å². The molecule has 0 nitrogen and oxygen atoms in total. The maximum absolute atomic E-state index is 2.41. The fraction of sp³-hybridized carbons (Fsp3) is 0.727. The van der Waals surface area contributed by atoms with Crippen molar-refractivity contribution < 1.29 is 32.7 Å². The van der Waals surface area contributed by atoms with Crippen LogP contribution in [0.25, 0.3) is 0 Å². The minimum Gasteiger partial charge on any atom is -0.222 e. The molecule has 0 bridgehead atoms. The van der Waals surface area contributed by atoms with E-state index in [0.29, 0.717) is 5.41 Å². The van der Waals surface area contributed by atoms with Gasteiger partial charge in [0.15, 0.2) is 0 Å². The molecule has 1 radical (unpaired) electrons. The predicted molar refractivity (Wildman–Crippen MR) is 50.2 cm³/mol. The molecule has 0 aromatic rings. The summed E-state index contributed by atoms with van der Waals surface area (Å²) in [5.74, 6) is 0.773. The zero-order valence-electron chi connectivity index (χ0n) is 8.94. The first-order chi connectivity index (χ1) is 4.92. The zero-order chi connectivity index (χ0) is 8.65. The molecule has 0 fully saturated rings. The maximum atomic E-state index is 2.41. The van der Waals surface area contributed by atoms with Crippen LogP contribution in [0.15, 0.2) is 11.1 Å². The van der Waals surface area contributed by atoms with E-state index in [1.165, 1.54) is 12.0 Å². The van der Waals surface area contributed by atoms with Crippen LogP contribution in [0.3, 0.4) is 0 Å². The summed E-state index contributed by atoms with van der Waals surface area (Å²) < 4.78 is 0. The number of hydrogen-bond acceptors (Lipinski definition) is 0. The standard InChI is InChI=1S/C11H19.Y/c1-8-6-11(4,5)7-9(2)10(8)3;/h6,9H,7H2,1-5H3;/q-1;. The Kier molecular flexibility index (Phi) is 4.54. The predicted octanol–water partition coefficient (Wildman–Crippen LogP) is 3.59. The van der Waals surface area contributed by atoms with Gasteiger partial charge in [-0.15, -0.1) is 6.92 Å². The van der Waals surface area contributed by atoms with Gasteiger partial charge in [-0.05, 0) is 0 Å². The van der Waals surface area contributed by atoms with Gasteiger partial charge in [-0.2, -0.15) is 0 Å². The van der Waals surface area contributed by atoms with Gasteiger partial charge in [0.2, 0.25) is 0 Å². The van der Waals surface area contributed by atoms with Crippen molar-refractivity contribution in [2.24, 2.45) is 11.3 Å². The molecule has 0 aromatic heterocycles. The minimum atomic E-state index is 0. The van der Waals surface area contributed by atoms with Crippen LogP contribution < -0.4 is 0 Å². The molecule has 1 heteroatoms. The molecule has 1 aliphatic carbocycles. The summed E-state index contributed by atoms with van der Waals surface area (Å²) in [6, 6.07) is 0. The molecule has 0 heterocycles. The average Bonchev–Trinajstić information content (AvgIpc) is 1.81. The Morgan fingerprint density at radius 2 is 1.83 bits per heavy atom. The van der Waals surface area contributed by atoms with Gasteiger partial charge in [-0.3, -0.25) is 0 Å². The molecular weight excluding hydrogens is 221 g/mol. The van der Waals surface area contributed by atoms with E-state index < -0.39 is 0 Å². The fourth-order valence-corrected chi connectivity index (χ4v) is 2.09. The molecule has 0 amide bonds. The van der Waals surface area contributed by atoms with Crippen LogP contribution in [-0.4, -0.2) is 0 Å². The number of hydrogen-bond donors (Lipinski definition) is 0. The summed E-state index contributed by atoms with van der Waals surface area (Å²) in [7, 11) is 0. The quantitative estimate of drug-likeness (QED) is 0.567. The first kappa shape index (κ1) is 12.7. The normalized spacial score (nSPS) is 27.6. The zero-order valence-corrected chi connectivity index (χ0v) is 11.8. The van der Waals surface area contributed by atoms with E-state index in [1.807, 2.05) is 0 Å². The van der Waals surface area contributed by atoms with E-state index >= 15 is 0 Å². The van der Waals surface area contributed by atoms with Crippen LogP contribution >= 0.6 is 0 Å². The van der Waals surface area contributed by atoms with Gasteiger partial charge in [-0.25, -0.2) is 17.6 Å².